The predicted octanol–water partition coefficient (Wildman–Crippen LogP) is 12.9. The molecule has 0 saturated heterocycles. The first-order chi connectivity index (χ1) is 24.8. The fraction of sp³-hybridized carbons (Fsp3) is 0. The molecule has 0 aliphatic carbocycles. The number of hydrogen-bond donors (Lipinski definition) is 0. The quantitative estimate of drug-likeness (QED) is 0.178. The molecule has 10 aromatic rings. The number of hydrogen-bond acceptors (Lipinski definition) is 0. The fourth-order valence-electron chi connectivity index (χ4n) is 7.92. The van der Waals surface area contributed by atoms with Crippen LogP contribution in [-0.2, 0) is 0 Å². The molecule has 2 heterocycles. The summed E-state index contributed by atoms with van der Waals surface area (Å²) in [4.78, 5) is 0. The van der Waals surface area contributed by atoms with Crippen molar-refractivity contribution in [1.29, 1.82) is 0 Å². The van der Waals surface area contributed by atoms with E-state index in [4.69, 9.17) is 0 Å². The Morgan fingerprint density at radius 1 is 0.280 bits per heavy atom. The molecule has 10 rings (SSSR count). The number of aromatic nitrogens is 2. The zero-order valence-electron chi connectivity index (χ0n) is 27.4. The van der Waals surface area contributed by atoms with Crippen molar-refractivity contribution >= 4 is 43.6 Å². The van der Waals surface area contributed by atoms with Crippen LogP contribution < -0.4 is 0 Å². The molecule has 0 saturated carbocycles. The molecule has 2 nitrogen and oxygen atoms in total. The second kappa shape index (κ2) is 11.5. The van der Waals surface area contributed by atoms with Gasteiger partial charge >= 0.3 is 0 Å². The van der Waals surface area contributed by atoms with Crippen LogP contribution in [0.3, 0.4) is 0 Å². The molecule has 0 N–H and O–H groups in total. The van der Waals surface area contributed by atoms with Gasteiger partial charge in [-0.25, -0.2) is 0 Å². The molecule has 0 aliphatic rings. The van der Waals surface area contributed by atoms with E-state index in [1.54, 1.807) is 0 Å². The first-order valence-corrected chi connectivity index (χ1v) is 17.2. The number of nitrogens with zero attached hydrogens (tertiary/aromatic N) is 2. The highest BCUT2D eigenvalue weighted by molar-refractivity contribution is 6.29. The first-order valence-electron chi connectivity index (χ1n) is 17.2. The van der Waals surface area contributed by atoms with Gasteiger partial charge in [0.15, 0.2) is 0 Å². The third-order valence-electron chi connectivity index (χ3n) is 10.1. The van der Waals surface area contributed by atoms with Gasteiger partial charge in [0.05, 0.1) is 27.8 Å². The molecule has 0 bridgehead atoms. The van der Waals surface area contributed by atoms with Crippen LogP contribution in [0.15, 0.2) is 194 Å². The van der Waals surface area contributed by atoms with Crippen molar-refractivity contribution in [1.82, 2.24) is 9.13 Å². The van der Waals surface area contributed by atoms with E-state index in [0.717, 1.165) is 5.69 Å². The Balaban J connectivity index is 1.25. The predicted molar refractivity (Wildman–Crippen MR) is 211 cm³/mol. The van der Waals surface area contributed by atoms with Gasteiger partial charge in [0, 0.05) is 32.8 Å². The molecule has 0 fully saturated rings. The molecule has 0 aliphatic heterocycles. The topological polar surface area (TPSA) is 9.86 Å². The summed E-state index contributed by atoms with van der Waals surface area (Å²) in [6.07, 6.45) is 0. The summed E-state index contributed by atoms with van der Waals surface area (Å²) in [7, 11) is 0. The van der Waals surface area contributed by atoms with Gasteiger partial charge < -0.3 is 9.13 Å². The van der Waals surface area contributed by atoms with Gasteiger partial charge in [-0.1, -0.05) is 146 Å². The Kier molecular flexibility index (Phi) is 6.53. The van der Waals surface area contributed by atoms with Crippen molar-refractivity contribution in [2.24, 2.45) is 0 Å². The van der Waals surface area contributed by atoms with Crippen LogP contribution in [0, 0.1) is 0 Å². The Morgan fingerprint density at radius 3 is 1.44 bits per heavy atom. The summed E-state index contributed by atoms with van der Waals surface area (Å²) in [5.41, 5.74) is 14.4. The molecule has 234 valence electrons. The van der Waals surface area contributed by atoms with E-state index in [1.807, 2.05) is 0 Å². The van der Waals surface area contributed by atoms with Crippen molar-refractivity contribution in [3.8, 4) is 44.8 Å². The van der Waals surface area contributed by atoms with Gasteiger partial charge in [0.1, 0.15) is 0 Å². The van der Waals surface area contributed by atoms with Crippen molar-refractivity contribution in [3.05, 3.63) is 194 Å². The molecule has 0 atom stereocenters. The van der Waals surface area contributed by atoms with Crippen molar-refractivity contribution in [2.45, 2.75) is 0 Å². The standard InChI is InChI=1S/C48H32N2/c1-3-15-33(16-4-1)35-19-13-21-37(31-35)39-23-7-10-26-42(39)50-44-28-12-9-25-41(44)48-46(50)30-29-45-47(48)40-24-8-11-27-43(40)49(45)38-22-14-20-36(32-38)34-17-5-2-6-18-34/h1-32H. The summed E-state index contributed by atoms with van der Waals surface area (Å²) in [6, 6.07) is 70.3. The minimum atomic E-state index is 1.16. The van der Waals surface area contributed by atoms with Crippen LogP contribution in [0.4, 0.5) is 0 Å². The first kappa shape index (κ1) is 28.4. The molecule has 0 amide bonds. The molecule has 8 aromatic carbocycles. The zero-order valence-corrected chi connectivity index (χ0v) is 27.4. The van der Waals surface area contributed by atoms with Crippen molar-refractivity contribution in [3.63, 3.8) is 0 Å². The van der Waals surface area contributed by atoms with Crippen LogP contribution >= 0.6 is 0 Å². The maximum absolute atomic E-state index is 2.47. The normalized spacial score (nSPS) is 11.6. The van der Waals surface area contributed by atoms with Crippen molar-refractivity contribution < 1.29 is 0 Å². The smallest absolute Gasteiger partial charge is 0.0549 e. The molecule has 0 spiro atoms. The van der Waals surface area contributed by atoms with Gasteiger partial charge in [-0.2, -0.15) is 0 Å². The molecular formula is C48H32N2. The van der Waals surface area contributed by atoms with Crippen LogP contribution in [-0.4, -0.2) is 9.13 Å². The number of para-hydroxylation sites is 3. The lowest BCUT2D eigenvalue weighted by Gasteiger charge is -2.15. The molecule has 2 aromatic heterocycles. The Bertz CT molecular complexity index is 2860. The Labute approximate surface area is 290 Å². The molecule has 2 heteroatoms. The van der Waals surface area contributed by atoms with Gasteiger partial charge in [-0.15, -0.1) is 0 Å². The second-order valence-electron chi connectivity index (χ2n) is 12.9. The zero-order chi connectivity index (χ0) is 33.0. The van der Waals surface area contributed by atoms with Gasteiger partial charge in [0.2, 0.25) is 0 Å². The maximum Gasteiger partial charge on any atom is 0.0549 e. The van der Waals surface area contributed by atoms with E-state index >= 15 is 0 Å². The Hall–Kier alpha value is -6.64. The summed E-state index contributed by atoms with van der Waals surface area (Å²) in [5, 5.41) is 5.06. The third kappa shape index (κ3) is 4.43. The van der Waals surface area contributed by atoms with Crippen LogP contribution in [0.1, 0.15) is 0 Å². The highest BCUT2D eigenvalue weighted by Crippen LogP contribution is 2.44. The van der Waals surface area contributed by atoms with Crippen LogP contribution in [0.25, 0.3) is 88.4 Å². The monoisotopic (exact) mass is 636 g/mol. The minimum Gasteiger partial charge on any atom is -0.309 e. The average Bonchev–Trinajstić information content (AvgIpc) is 3.71. The highest BCUT2D eigenvalue weighted by Gasteiger charge is 2.21. The molecule has 50 heavy (non-hydrogen) atoms. The van der Waals surface area contributed by atoms with E-state index in [2.05, 4.69) is 203 Å². The maximum atomic E-state index is 2.47. The largest absolute Gasteiger partial charge is 0.309 e. The van der Waals surface area contributed by atoms with E-state index in [9.17, 15) is 0 Å². The van der Waals surface area contributed by atoms with Gasteiger partial charge in [-0.05, 0) is 76.3 Å². The lowest BCUT2D eigenvalue weighted by Crippen LogP contribution is -1.97. The number of fused-ring (bicyclic) bond motifs is 7. The lowest BCUT2D eigenvalue weighted by atomic mass is 9.98. The number of benzene rings is 8. The summed E-state index contributed by atoms with van der Waals surface area (Å²) < 4.78 is 4.91. The lowest BCUT2D eigenvalue weighted by molar-refractivity contribution is 1.17. The van der Waals surface area contributed by atoms with Crippen LogP contribution in [0.5, 0.6) is 0 Å². The summed E-state index contributed by atoms with van der Waals surface area (Å²) in [6.45, 7) is 0. The summed E-state index contributed by atoms with van der Waals surface area (Å²) in [5.74, 6) is 0. The second-order valence-corrected chi connectivity index (χ2v) is 12.9. The van der Waals surface area contributed by atoms with Gasteiger partial charge in [0.25, 0.3) is 0 Å². The van der Waals surface area contributed by atoms with E-state index in [0.29, 0.717) is 0 Å². The number of rotatable bonds is 5. The highest BCUT2D eigenvalue weighted by atomic mass is 15.0. The Morgan fingerprint density at radius 2 is 0.760 bits per heavy atom. The van der Waals surface area contributed by atoms with Gasteiger partial charge in [-0.3, -0.25) is 0 Å². The van der Waals surface area contributed by atoms with E-state index in [-0.39, 0.29) is 0 Å². The van der Waals surface area contributed by atoms with Crippen molar-refractivity contribution in [2.75, 3.05) is 0 Å². The molecule has 0 unspecified atom stereocenters. The van der Waals surface area contributed by atoms with Crippen LogP contribution in [0.2, 0.25) is 0 Å². The summed E-state index contributed by atoms with van der Waals surface area (Å²) >= 11 is 0. The minimum absolute atomic E-state index is 1.16. The SMILES string of the molecule is c1ccc(-c2cccc(-c3ccccc3-n3c4ccccc4c4c5c6ccccc6n(-c6cccc(-c7ccccc7)c6)c5ccc43)c2)cc1. The van der Waals surface area contributed by atoms with E-state index in [1.165, 1.54) is 82.7 Å². The average molecular weight is 637 g/mol. The molecule has 0 radical (unpaired) electrons. The third-order valence-corrected chi connectivity index (χ3v) is 10.1. The van der Waals surface area contributed by atoms with E-state index < -0.39 is 0 Å². The molecular weight excluding hydrogens is 605 g/mol. The fourth-order valence-corrected chi connectivity index (χ4v) is 7.92.